The average Bonchev–Trinajstić information content (AvgIpc) is 2.53. The molecule has 0 spiro atoms. The molecule has 0 aromatic carbocycles. The average molecular weight is 329 g/mol. The van der Waals surface area contributed by atoms with Crippen molar-refractivity contribution in [2.24, 2.45) is 11.3 Å². The molecule has 0 aliphatic rings. The smallest absolute Gasteiger partial charge is 0.298 e. The number of carbonyl (C=O) groups excluding carboxylic acids is 1. The van der Waals surface area contributed by atoms with Crippen molar-refractivity contribution in [2.45, 2.75) is 105 Å². The minimum atomic E-state index is -0.205. The molecule has 0 saturated heterocycles. The van der Waals surface area contributed by atoms with Crippen LogP contribution < -0.4 is 0 Å². The first-order chi connectivity index (χ1) is 10.6. The first-order valence-corrected chi connectivity index (χ1v) is 10.5. The van der Waals surface area contributed by atoms with Gasteiger partial charge in [-0.15, -0.1) is 0 Å². The van der Waals surface area contributed by atoms with Gasteiger partial charge in [0.2, 0.25) is 10.5 Å². The van der Waals surface area contributed by atoms with Crippen molar-refractivity contribution >= 4 is 16.5 Å². The van der Waals surface area contributed by atoms with Gasteiger partial charge in [0, 0.05) is 0 Å². The van der Waals surface area contributed by atoms with Crippen LogP contribution in [-0.4, -0.2) is 16.5 Å². The lowest BCUT2D eigenvalue weighted by Crippen LogP contribution is -2.40. The zero-order valence-electron chi connectivity index (χ0n) is 15.9. The summed E-state index contributed by atoms with van der Waals surface area (Å²) in [7, 11) is 0.523. The van der Waals surface area contributed by atoms with E-state index in [0.717, 1.165) is 32.1 Å². The maximum atomic E-state index is 12.6. The Hall–Kier alpha value is -0.313. The second-order valence-electron chi connectivity index (χ2n) is 6.81. The number of unbranched alkanes of at least 4 members (excludes halogenated alkanes) is 5. The van der Waals surface area contributed by atoms with E-state index in [0.29, 0.717) is 16.4 Å². The lowest BCUT2D eigenvalue weighted by atomic mass is 9.66. The van der Waals surface area contributed by atoms with Gasteiger partial charge < -0.3 is 4.43 Å². The van der Waals surface area contributed by atoms with E-state index >= 15 is 0 Å². The van der Waals surface area contributed by atoms with Crippen molar-refractivity contribution in [3.63, 3.8) is 0 Å². The number of carbonyl (C=O) groups is 1. The molecule has 0 aliphatic heterocycles. The Balaban J connectivity index is 4.71. The summed E-state index contributed by atoms with van der Waals surface area (Å²) in [4.78, 5) is 12.6. The summed E-state index contributed by atoms with van der Waals surface area (Å²) >= 11 is 0. The molecule has 3 heteroatoms. The third kappa shape index (κ3) is 6.85. The molecule has 0 bridgehead atoms. The molecular formula is C19H40O2Si. The molecular weight excluding hydrogens is 288 g/mol. The van der Waals surface area contributed by atoms with Crippen molar-refractivity contribution < 1.29 is 9.22 Å². The van der Waals surface area contributed by atoms with Gasteiger partial charge >= 0.3 is 0 Å². The molecule has 0 aromatic heterocycles. The van der Waals surface area contributed by atoms with E-state index in [1.165, 1.54) is 44.9 Å². The van der Waals surface area contributed by atoms with Crippen LogP contribution in [0.1, 0.15) is 105 Å². The molecule has 0 N–H and O–H groups in total. The molecule has 0 aliphatic carbocycles. The van der Waals surface area contributed by atoms with E-state index in [-0.39, 0.29) is 11.4 Å². The summed E-state index contributed by atoms with van der Waals surface area (Å²) in [6.07, 6.45) is 14.4. The molecule has 0 aromatic rings. The van der Waals surface area contributed by atoms with Gasteiger partial charge in [-0.1, -0.05) is 85.5 Å². The third-order valence-electron chi connectivity index (χ3n) is 5.16. The van der Waals surface area contributed by atoms with E-state index in [4.69, 9.17) is 4.43 Å². The molecule has 1 unspecified atom stereocenters. The van der Waals surface area contributed by atoms with Crippen LogP contribution in [0.4, 0.5) is 0 Å². The topological polar surface area (TPSA) is 26.3 Å². The van der Waals surface area contributed by atoms with Crippen molar-refractivity contribution in [1.29, 1.82) is 0 Å². The van der Waals surface area contributed by atoms with Gasteiger partial charge in [-0.2, -0.15) is 0 Å². The van der Waals surface area contributed by atoms with Crippen LogP contribution >= 0.6 is 0 Å². The van der Waals surface area contributed by atoms with Crippen LogP contribution in [0.2, 0.25) is 0 Å². The van der Waals surface area contributed by atoms with Gasteiger partial charge in [0.1, 0.15) is 0 Å². The van der Waals surface area contributed by atoms with Gasteiger partial charge in [0.25, 0.3) is 5.97 Å². The Bertz CT molecular complexity index is 273. The quantitative estimate of drug-likeness (QED) is 0.325. The van der Waals surface area contributed by atoms with Crippen LogP contribution in [0.5, 0.6) is 0 Å². The molecule has 22 heavy (non-hydrogen) atoms. The summed E-state index contributed by atoms with van der Waals surface area (Å²) in [5.41, 5.74) is -0.205. The van der Waals surface area contributed by atoms with Crippen LogP contribution in [-0.2, 0) is 9.22 Å². The lowest BCUT2D eigenvalue weighted by molar-refractivity contribution is -0.151. The number of rotatable bonds is 14. The van der Waals surface area contributed by atoms with Crippen molar-refractivity contribution in [3.05, 3.63) is 0 Å². The van der Waals surface area contributed by atoms with E-state index in [2.05, 4.69) is 27.7 Å². The summed E-state index contributed by atoms with van der Waals surface area (Å²) in [6, 6.07) is 0. The van der Waals surface area contributed by atoms with E-state index in [1.54, 1.807) is 0 Å². The zero-order valence-corrected chi connectivity index (χ0v) is 17.9. The Morgan fingerprint density at radius 3 is 1.91 bits per heavy atom. The Kier molecular flexibility index (Phi) is 13.0. The molecule has 0 heterocycles. The second kappa shape index (κ2) is 13.2. The van der Waals surface area contributed by atoms with Gasteiger partial charge in [0.15, 0.2) is 0 Å². The first-order valence-electron chi connectivity index (χ1n) is 9.71. The molecule has 0 amide bonds. The highest BCUT2D eigenvalue weighted by Crippen LogP contribution is 2.43. The largest absolute Gasteiger partial charge is 0.528 e. The zero-order chi connectivity index (χ0) is 16.8. The second-order valence-corrected chi connectivity index (χ2v) is 7.22. The SMILES string of the molecule is CCCCCCCCC(CC)C(CCC)(CCC)C(=O)O[SiH3]. The molecule has 1 atom stereocenters. The first kappa shape index (κ1) is 21.7. The van der Waals surface area contributed by atoms with Crippen molar-refractivity contribution in [3.8, 4) is 0 Å². The summed E-state index contributed by atoms with van der Waals surface area (Å²) in [5, 5.41) is 0. The highest BCUT2D eigenvalue weighted by molar-refractivity contribution is 6.06. The highest BCUT2D eigenvalue weighted by Gasteiger charge is 2.43. The monoisotopic (exact) mass is 328 g/mol. The van der Waals surface area contributed by atoms with Gasteiger partial charge in [-0.25, -0.2) is 0 Å². The van der Waals surface area contributed by atoms with Crippen LogP contribution in [0.15, 0.2) is 0 Å². The summed E-state index contributed by atoms with van der Waals surface area (Å²) < 4.78 is 5.36. The Morgan fingerprint density at radius 1 is 0.909 bits per heavy atom. The molecule has 132 valence electrons. The number of hydrogen-bond acceptors (Lipinski definition) is 2. The predicted molar refractivity (Wildman–Crippen MR) is 100 cm³/mol. The minimum absolute atomic E-state index is 0.0979. The molecule has 0 fully saturated rings. The van der Waals surface area contributed by atoms with Gasteiger partial charge in [-0.05, 0) is 25.2 Å². The molecule has 0 saturated carbocycles. The fourth-order valence-corrected chi connectivity index (χ4v) is 4.45. The Labute approximate surface area is 142 Å². The van der Waals surface area contributed by atoms with Crippen LogP contribution in [0.25, 0.3) is 0 Å². The third-order valence-corrected chi connectivity index (χ3v) is 5.54. The maximum Gasteiger partial charge on any atom is 0.298 e. The fourth-order valence-electron chi connectivity index (χ4n) is 4.04. The molecule has 2 nitrogen and oxygen atoms in total. The Morgan fingerprint density at radius 2 is 1.45 bits per heavy atom. The predicted octanol–water partition coefficient (Wildman–Crippen LogP) is 5.17. The standard InChI is InChI=1S/C19H40O2Si/c1-5-9-10-11-12-13-14-17(8-4)19(15-6-2,16-7-3)18(20)21-22/h17H,5-16H2,1-4,22H3. The van der Waals surface area contributed by atoms with Crippen molar-refractivity contribution in [2.75, 3.05) is 0 Å². The van der Waals surface area contributed by atoms with E-state index in [9.17, 15) is 4.79 Å². The van der Waals surface area contributed by atoms with E-state index < -0.39 is 0 Å². The lowest BCUT2D eigenvalue weighted by Gasteiger charge is -2.38. The molecule has 0 radical (unpaired) electrons. The van der Waals surface area contributed by atoms with Gasteiger partial charge in [-0.3, -0.25) is 4.79 Å². The normalized spacial score (nSPS) is 13.3. The summed E-state index contributed by atoms with van der Waals surface area (Å²) in [6.45, 7) is 8.91. The summed E-state index contributed by atoms with van der Waals surface area (Å²) in [5.74, 6) is 0.598. The van der Waals surface area contributed by atoms with E-state index in [1.807, 2.05) is 0 Å². The van der Waals surface area contributed by atoms with Crippen LogP contribution in [0, 0.1) is 11.3 Å². The van der Waals surface area contributed by atoms with Crippen molar-refractivity contribution in [1.82, 2.24) is 0 Å². The fraction of sp³-hybridized carbons (Fsp3) is 0.947. The maximum absolute atomic E-state index is 12.6. The number of hydrogen-bond donors (Lipinski definition) is 0. The highest BCUT2D eigenvalue weighted by atomic mass is 28.2. The van der Waals surface area contributed by atoms with Gasteiger partial charge in [0.05, 0.1) is 5.41 Å². The molecule has 0 rings (SSSR count). The minimum Gasteiger partial charge on any atom is -0.528 e. The van der Waals surface area contributed by atoms with Crippen LogP contribution in [0.3, 0.4) is 0 Å².